The third-order valence-corrected chi connectivity index (χ3v) is 4.43. The first-order chi connectivity index (χ1) is 13.1. The quantitative estimate of drug-likeness (QED) is 0.548. The van der Waals surface area contributed by atoms with Crippen LogP contribution in [-0.2, 0) is 11.3 Å². The van der Waals surface area contributed by atoms with Gasteiger partial charge < -0.3 is 21.3 Å². The lowest BCUT2D eigenvalue weighted by molar-refractivity contribution is -0.117. The van der Waals surface area contributed by atoms with Crippen LogP contribution in [0.25, 0.3) is 0 Å². The Morgan fingerprint density at radius 2 is 2.00 bits per heavy atom. The minimum absolute atomic E-state index is 0.0270. The van der Waals surface area contributed by atoms with Gasteiger partial charge in [-0.2, -0.15) is 0 Å². The van der Waals surface area contributed by atoms with Gasteiger partial charge in [-0.25, -0.2) is 0 Å². The zero-order chi connectivity index (χ0) is 19.2. The van der Waals surface area contributed by atoms with Crippen LogP contribution >= 0.6 is 0 Å². The summed E-state index contributed by atoms with van der Waals surface area (Å²) in [4.78, 5) is 29.6. The number of nitrogens with zero attached hydrogens (tertiary/aromatic N) is 2. The van der Waals surface area contributed by atoms with E-state index in [1.54, 1.807) is 30.1 Å². The van der Waals surface area contributed by atoms with E-state index in [0.717, 1.165) is 11.3 Å². The number of carbonyl (C=O) groups excluding carboxylic acids is 2. The van der Waals surface area contributed by atoms with E-state index in [0.29, 0.717) is 31.0 Å². The van der Waals surface area contributed by atoms with E-state index in [1.165, 1.54) is 0 Å². The Balaban J connectivity index is 1.57. The van der Waals surface area contributed by atoms with E-state index in [2.05, 4.69) is 15.6 Å². The van der Waals surface area contributed by atoms with Crippen molar-refractivity contribution in [2.75, 3.05) is 18.5 Å². The molecule has 1 fully saturated rings. The summed E-state index contributed by atoms with van der Waals surface area (Å²) in [5.74, 6) is 0.236. The van der Waals surface area contributed by atoms with Crippen molar-refractivity contribution in [1.82, 2.24) is 10.6 Å². The number of rotatable bonds is 5. The van der Waals surface area contributed by atoms with Crippen molar-refractivity contribution >= 4 is 23.5 Å². The molecule has 140 valence electrons. The van der Waals surface area contributed by atoms with Gasteiger partial charge in [-0.15, -0.1) is 0 Å². The van der Waals surface area contributed by atoms with Gasteiger partial charge in [0.2, 0.25) is 11.8 Å². The fourth-order valence-electron chi connectivity index (χ4n) is 3.07. The summed E-state index contributed by atoms with van der Waals surface area (Å²) in [6.07, 6.45) is 0.409. The normalized spacial score (nSPS) is 17.1. The molecule has 1 aliphatic heterocycles. The first kappa shape index (κ1) is 18.4. The van der Waals surface area contributed by atoms with Crippen LogP contribution in [-0.4, -0.2) is 37.4 Å². The van der Waals surface area contributed by atoms with E-state index in [1.807, 2.05) is 36.4 Å². The SMILES string of the molecule is CN=C(NCc1cccc(C(N)=O)c1)NC1CC(=O)N(c2ccccc2)C1. The monoisotopic (exact) mass is 365 g/mol. The smallest absolute Gasteiger partial charge is 0.248 e. The average Bonchev–Trinajstić information content (AvgIpc) is 3.06. The minimum atomic E-state index is -0.454. The number of hydrogen-bond acceptors (Lipinski definition) is 3. The van der Waals surface area contributed by atoms with Crippen molar-refractivity contribution in [2.24, 2.45) is 10.7 Å². The molecule has 7 nitrogen and oxygen atoms in total. The number of hydrogen-bond donors (Lipinski definition) is 3. The summed E-state index contributed by atoms with van der Waals surface area (Å²) >= 11 is 0. The van der Waals surface area contributed by atoms with Gasteiger partial charge in [0, 0.05) is 37.8 Å². The number of nitrogens with two attached hydrogens (primary N) is 1. The van der Waals surface area contributed by atoms with Crippen molar-refractivity contribution in [3.63, 3.8) is 0 Å². The Labute approximate surface area is 158 Å². The lowest BCUT2D eigenvalue weighted by atomic mass is 10.1. The third kappa shape index (κ3) is 4.63. The Bertz CT molecular complexity index is 850. The molecule has 1 heterocycles. The summed E-state index contributed by atoms with van der Waals surface area (Å²) in [5.41, 5.74) is 7.61. The lowest BCUT2D eigenvalue weighted by Gasteiger charge is -2.19. The highest BCUT2D eigenvalue weighted by molar-refractivity contribution is 5.97. The minimum Gasteiger partial charge on any atom is -0.366 e. The van der Waals surface area contributed by atoms with Crippen molar-refractivity contribution in [3.05, 3.63) is 65.7 Å². The molecular formula is C20H23N5O2. The van der Waals surface area contributed by atoms with Crippen molar-refractivity contribution in [2.45, 2.75) is 19.0 Å². The van der Waals surface area contributed by atoms with E-state index in [9.17, 15) is 9.59 Å². The van der Waals surface area contributed by atoms with Crippen LogP contribution in [0.5, 0.6) is 0 Å². The molecule has 0 radical (unpaired) electrons. The number of primary amides is 1. The fourth-order valence-corrected chi connectivity index (χ4v) is 3.07. The largest absolute Gasteiger partial charge is 0.366 e. The number of carbonyl (C=O) groups is 2. The van der Waals surface area contributed by atoms with Crippen molar-refractivity contribution in [1.29, 1.82) is 0 Å². The van der Waals surface area contributed by atoms with Crippen molar-refractivity contribution in [3.8, 4) is 0 Å². The molecular weight excluding hydrogens is 342 g/mol. The molecule has 2 aromatic carbocycles. The van der Waals surface area contributed by atoms with Gasteiger partial charge in [0.15, 0.2) is 5.96 Å². The van der Waals surface area contributed by atoms with Gasteiger partial charge in [-0.3, -0.25) is 14.6 Å². The molecule has 1 unspecified atom stereocenters. The number of para-hydroxylation sites is 1. The first-order valence-corrected chi connectivity index (χ1v) is 8.78. The van der Waals surface area contributed by atoms with Gasteiger partial charge in [0.25, 0.3) is 0 Å². The number of guanidine groups is 1. The summed E-state index contributed by atoms with van der Waals surface area (Å²) in [6, 6.07) is 16.7. The molecule has 1 atom stereocenters. The van der Waals surface area contributed by atoms with Gasteiger partial charge >= 0.3 is 0 Å². The second kappa shape index (κ2) is 8.35. The highest BCUT2D eigenvalue weighted by Gasteiger charge is 2.30. The highest BCUT2D eigenvalue weighted by atomic mass is 16.2. The van der Waals surface area contributed by atoms with E-state index in [-0.39, 0.29) is 11.9 Å². The number of nitrogens with one attached hydrogen (secondary N) is 2. The van der Waals surface area contributed by atoms with Crippen LogP contribution < -0.4 is 21.3 Å². The fraction of sp³-hybridized carbons (Fsp3) is 0.250. The molecule has 7 heteroatoms. The van der Waals surface area contributed by atoms with E-state index < -0.39 is 5.91 Å². The molecule has 4 N–H and O–H groups in total. The van der Waals surface area contributed by atoms with Crippen LogP contribution in [0.1, 0.15) is 22.3 Å². The topological polar surface area (TPSA) is 99.8 Å². The number of amides is 2. The summed E-state index contributed by atoms with van der Waals surface area (Å²) in [5, 5.41) is 6.49. The molecule has 1 aliphatic rings. The molecule has 1 saturated heterocycles. The zero-order valence-corrected chi connectivity index (χ0v) is 15.2. The van der Waals surface area contributed by atoms with Gasteiger partial charge in [-0.05, 0) is 29.8 Å². The van der Waals surface area contributed by atoms with Gasteiger partial charge in [-0.1, -0.05) is 30.3 Å². The summed E-state index contributed by atoms with van der Waals surface area (Å²) in [6.45, 7) is 1.07. The van der Waals surface area contributed by atoms with Crippen LogP contribution in [0.3, 0.4) is 0 Å². The standard InChI is InChI=1S/C20H23N5O2/c1-22-20(23-12-14-6-5-7-15(10-14)19(21)27)24-16-11-18(26)25(13-16)17-8-3-2-4-9-17/h2-10,16H,11-13H2,1H3,(H2,21,27)(H2,22,23,24). The Morgan fingerprint density at radius 3 is 2.70 bits per heavy atom. The first-order valence-electron chi connectivity index (χ1n) is 8.78. The average molecular weight is 365 g/mol. The second-order valence-electron chi connectivity index (χ2n) is 6.38. The zero-order valence-electron chi connectivity index (χ0n) is 15.2. The maximum absolute atomic E-state index is 12.3. The molecule has 0 bridgehead atoms. The Morgan fingerprint density at radius 1 is 1.22 bits per heavy atom. The van der Waals surface area contributed by atoms with E-state index >= 15 is 0 Å². The maximum atomic E-state index is 12.3. The van der Waals surface area contributed by atoms with Crippen LogP contribution in [0.2, 0.25) is 0 Å². The molecule has 3 rings (SSSR count). The second-order valence-corrected chi connectivity index (χ2v) is 6.38. The summed E-state index contributed by atoms with van der Waals surface area (Å²) < 4.78 is 0. The van der Waals surface area contributed by atoms with Crippen LogP contribution in [0, 0.1) is 0 Å². The van der Waals surface area contributed by atoms with Crippen LogP contribution in [0.15, 0.2) is 59.6 Å². The molecule has 27 heavy (non-hydrogen) atoms. The molecule has 0 aliphatic carbocycles. The number of anilines is 1. The highest BCUT2D eigenvalue weighted by Crippen LogP contribution is 2.20. The van der Waals surface area contributed by atoms with Crippen LogP contribution in [0.4, 0.5) is 5.69 Å². The van der Waals surface area contributed by atoms with Gasteiger partial charge in [0.05, 0.1) is 6.04 Å². The summed E-state index contributed by atoms with van der Waals surface area (Å²) in [7, 11) is 1.68. The molecule has 0 spiro atoms. The lowest BCUT2D eigenvalue weighted by Crippen LogP contribution is -2.44. The Hall–Kier alpha value is -3.35. The number of benzene rings is 2. The van der Waals surface area contributed by atoms with Gasteiger partial charge in [0.1, 0.15) is 0 Å². The molecule has 2 aromatic rings. The number of aliphatic imine (C=N–C) groups is 1. The Kier molecular flexibility index (Phi) is 5.71. The van der Waals surface area contributed by atoms with Crippen molar-refractivity contribution < 1.29 is 9.59 Å². The van der Waals surface area contributed by atoms with E-state index in [4.69, 9.17) is 5.73 Å². The maximum Gasteiger partial charge on any atom is 0.248 e. The predicted octanol–water partition coefficient (Wildman–Crippen LogP) is 1.26. The predicted molar refractivity (Wildman–Crippen MR) is 105 cm³/mol. The molecule has 0 aromatic heterocycles. The molecule has 2 amide bonds. The molecule has 0 saturated carbocycles. The third-order valence-electron chi connectivity index (χ3n) is 4.43.